The smallest absolute Gasteiger partial charge is 0.125 e. The van der Waals surface area contributed by atoms with Gasteiger partial charge in [-0.15, -0.1) is 0 Å². The number of aromatic nitrogens is 2. The summed E-state index contributed by atoms with van der Waals surface area (Å²) in [6.45, 7) is 9.13. The Morgan fingerprint density at radius 2 is 2.19 bits per heavy atom. The molecule has 0 fully saturated rings. The molecule has 3 heteroatoms. The zero-order chi connectivity index (χ0) is 12.0. The number of aryl methyl sites for hydroxylation is 2. The first-order valence-electron chi connectivity index (χ1n) is 5.79. The molecule has 0 radical (unpaired) electrons. The molecule has 0 aliphatic rings. The summed E-state index contributed by atoms with van der Waals surface area (Å²) in [5, 5.41) is 3.46. The molecule has 0 aliphatic heterocycles. The van der Waals surface area contributed by atoms with Crippen molar-refractivity contribution in [3.63, 3.8) is 0 Å². The lowest BCUT2D eigenvalue weighted by Gasteiger charge is -2.15. The lowest BCUT2D eigenvalue weighted by atomic mass is 10.1. The molecule has 0 aliphatic carbocycles. The summed E-state index contributed by atoms with van der Waals surface area (Å²) in [6.07, 6.45) is 7.22. The first-order valence-corrected chi connectivity index (χ1v) is 5.79. The second kappa shape index (κ2) is 6.38. The minimum absolute atomic E-state index is 0.311. The third kappa shape index (κ3) is 3.74. The molecular weight excluding hydrogens is 198 g/mol. The summed E-state index contributed by atoms with van der Waals surface area (Å²) >= 11 is 0. The molecular formula is C13H21N3. The average molecular weight is 219 g/mol. The van der Waals surface area contributed by atoms with Crippen molar-refractivity contribution in [2.24, 2.45) is 0 Å². The Morgan fingerprint density at radius 3 is 2.81 bits per heavy atom. The highest BCUT2D eigenvalue weighted by Gasteiger charge is 2.08. The molecule has 16 heavy (non-hydrogen) atoms. The van der Waals surface area contributed by atoms with Gasteiger partial charge < -0.3 is 5.32 Å². The van der Waals surface area contributed by atoms with Gasteiger partial charge in [0.25, 0.3) is 0 Å². The van der Waals surface area contributed by atoms with Gasteiger partial charge in [-0.25, -0.2) is 9.97 Å². The van der Waals surface area contributed by atoms with Crippen LogP contribution in [0.3, 0.4) is 0 Å². The predicted molar refractivity (Wildman–Crippen MR) is 67.4 cm³/mol. The molecule has 1 N–H and O–H groups in total. The molecule has 0 bridgehead atoms. The van der Waals surface area contributed by atoms with Crippen LogP contribution in [-0.2, 0) is 0 Å². The third-order valence-electron chi connectivity index (χ3n) is 2.60. The van der Waals surface area contributed by atoms with E-state index in [-0.39, 0.29) is 0 Å². The van der Waals surface area contributed by atoms with Gasteiger partial charge in [-0.2, -0.15) is 0 Å². The summed E-state index contributed by atoms with van der Waals surface area (Å²) in [5.41, 5.74) is 2.25. The Morgan fingerprint density at radius 1 is 1.44 bits per heavy atom. The van der Waals surface area contributed by atoms with Gasteiger partial charge in [-0.05, 0) is 40.7 Å². The fraction of sp³-hybridized carbons (Fsp3) is 0.538. The second-order valence-corrected chi connectivity index (χ2v) is 3.99. The van der Waals surface area contributed by atoms with Crippen LogP contribution in [0.5, 0.6) is 0 Å². The highest BCUT2D eigenvalue weighted by molar-refractivity contribution is 5.19. The van der Waals surface area contributed by atoms with E-state index >= 15 is 0 Å². The lowest BCUT2D eigenvalue weighted by molar-refractivity contribution is 0.573. The number of nitrogens with one attached hydrogen (secondary N) is 1. The maximum Gasteiger partial charge on any atom is 0.125 e. The van der Waals surface area contributed by atoms with Crippen molar-refractivity contribution in [2.75, 3.05) is 6.54 Å². The van der Waals surface area contributed by atoms with E-state index in [0.717, 1.165) is 24.5 Å². The number of nitrogens with zero attached hydrogens (tertiary/aromatic N) is 2. The highest BCUT2D eigenvalue weighted by Crippen LogP contribution is 2.14. The van der Waals surface area contributed by atoms with E-state index in [1.165, 1.54) is 5.56 Å². The van der Waals surface area contributed by atoms with E-state index in [0.29, 0.717) is 6.04 Å². The van der Waals surface area contributed by atoms with Gasteiger partial charge >= 0.3 is 0 Å². The molecule has 0 aromatic carbocycles. The normalized spacial score (nSPS) is 13.2. The summed E-state index contributed by atoms with van der Waals surface area (Å²) in [7, 11) is 0. The molecule has 3 nitrogen and oxygen atoms in total. The minimum Gasteiger partial charge on any atom is -0.310 e. The Bertz CT molecular complexity index is 358. The molecule has 0 spiro atoms. The minimum atomic E-state index is 0.311. The summed E-state index contributed by atoms with van der Waals surface area (Å²) < 4.78 is 0. The fourth-order valence-electron chi connectivity index (χ4n) is 1.68. The molecule has 1 rings (SSSR count). The van der Waals surface area contributed by atoms with Crippen molar-refractivity contribution < 1.29 is 0 Å². The number of allylic oxidation sites excluding steroid dienone is 1. The van der Waals surface area contributed by atoms with E-state index in [1.807, 2.05) is 27.0 Å². The maximum atomic E-state index is 4.37. The van der Waals surface area contributed by atoms with Crippen LogP contribution >= 0.6 is 0 Å². The van der Waals surface area contributed by atoms with Gasteiger partial charge in [0.1, 0.15) is 5.82 Å². The summed E-state index contributed by atoms with van der Waals surface area (Å²) in [6, 6.07) is 0.311. The number of rotatable bonds is 5. The summed E-state index contributed by atoms with van der Waals surface area (Å²) in [5.74, 6) is 0.836. The van der Waals surface area contributed by atoms with Crippen LogP contribution in [0, 0.1) is 13.8 Å². The van der Waals surface area contributed by atoms with Crippen molar-refractivity contribution >= 4 is 0 Å². The van der Waals surface area contributed by atoms with E-state index in [2.05, 4.69) is 34.4 Å². The third-order valence-corrected chi connectivity index (χ3v) is 2.60. The molecule has 1 aromatic heterocycles. The maximum absolute atomic E-state index is 4.37. The molecule has 0 saturated carbocycles. The monoisotopic (exact) mass is 219 g/mol. The Kier molecular flexibility index (Phi) is 5.12. The first-order chi connectivity index (χ1) is 7.65. The topological polar surface area (TPSA) is 37.8 Å². The van der Waals surface area contributed by atoms with Crippen LogP contribution in [0.1, 0.15) is 43.4 Å². The van der Waals surface area contributed by atoms with E-state index in [1.54, 1.807) is 0 Å². The van der Waals surface area contributed by atoms with Crippen LogP contribution < -0.4 is 5.32 Å². The van der Waals surface area contributed by atoms with Crippen LogP contribution in [-0.4, -0.2) is 16.5 Å². The van der Waals surface area contributed by atoms with Gasteiger partial charge in [-0.3, -0.25) is 0 Å². The van der Waals surface area contributed by atoms with Crippen LogP contribution in [0.25, 0.3) is 0 Å². The van der Waals surface area contributed by atoms with Gasteiger partial charge in [-0.1, -0.05) is 12.2 Å². The van der Waals surface area contributed by atoms with E-state index < -0.39 is 0 Å². The average Bonchev–Trinajstić information content (AvgIpc) is 2.24. The standard InChI is InChI=1S/C13H21N3/c1-5-6-7-8-14-10(2)13-9-15-12(4)16-11(13)3/h5-6,9-10,14H,7-8H2,1-4H3/b6-5+. The molecule has 1 aromatic rings. The quantitative estimate of drug-likeness (QED) is 0.611. The molecule has 0 amide bonds. The van der Waals surface area contributed by atoms with Crippen molar-refractivity contribution in [1.82, 2.24) is 15.3 Å². The molecule has 1 unspecified atom stereocenters. The van der Waals surface area contributed by atoms with Crippen LogP contribution in [0.2, 0.25) is 0 Å². The Balaban J connectivity index is 2.55. The van der Waals surface area contributed by atoms with Crippen molar-refractivity contribution in [3.05, 3.63) is 35.4 Å². The Labute approximate surface area is 98.0 Å². The molecule has 1 heterocycles. The van der Waals surface area contributed by atoms with Crippen LogP contribution in [0.15, 0.2) is 18.3 Å². The Hall–Kier alpha value is -1.22. The van der Waals surface area contributed by atoms with E-state index in [4.69, 9.17) is 0 Å². The van der Waals surface area contributed by atoms with Crippen molar-refractivity contribution in [2.45, 2.75) is 40.2 Å². The molecule has 0 saturated heterocycles. The van der Waals surface area contributed by atoms with Gasteiger partial charge in [0.2, 0.25) is 0 Å². The molecule has 88 valence electrons. The summed E-state index contributed by atoms with van der Waals surface area (Å²) in [4.78, 5) is 8.61. The fourth-order valence-corrected chi connectivity index (χ4v) is 1.68. The largest absolute Gasteiger partial charge is 0.310 e. The zero-order valence-electron chi connectivity index (χ0n) is 10.6. The van der Waals surface area contributed by atoms with Gasteiger partial charge in [0.05, 0.1) is 0 Å². The van der Waals surface area contributed by atoms with Crippen molar-refractivity contribution in [1.29, 1.82) is 0 Å². The second-order valence-electron chi connectivity index (χ2n) is 3.99. The highest BCUT2D eigenvalue weighted by atomic mass is 14.9. The lowest BCUT2D eigenvalue weighted by Crippen LogP contribution is -2.21. The van der Waals surface area contributed by atoms with Crippen molar-refractivity contribution in [3.8, 4) is 0 Å². The van der Waals surface area contributed by atoms with Gasteiger partial charge in [0.15, 0.2) is 0 Å². The SMILES string of the molecule is C/C=C/CCNC(C)c1cnc(C)nc1C. The first kappa shape index (κ1) is 12.8. The predicted octanol–water partition coefficient (Wildman–Crippen LogP) is 2.71. The van der Waals surface area contributed by atoms with Crippen LogP contribution in [0.4, 0.5) is 0 Å². The molecule has 1 atom stereocenters. The zero-order valence-corrected chi connectivity index (χ0v) is 10.6. The van der Waals surface area contributed by atoms with E-state index in [9.17, 15) is 0 Å². The van der Waals surface area contributed by atoms with Gasteiger partial charge in [0, 0.05) is 23.5 Å². The number of hydrogen-bond donors (Lipinski definition) is 1. The number of hydrogen-bond acceptors (Lipinski definition) is 3.